The molecule has 10 rings (SSSR count). The maximum absolute atomic E-state index is 15.2. The summed E-state index contributed by atoms with van der Waals surface area (Å²) in [6.07, 6.45) is -31.3. The Balaban J connectivity index is 0.815. The highest BCUT2D eigenvalue weighted by Crippen LogP contribution is 2.78. The van der Waals surface area contributed by atoms with E-state index in [1.165, 1.54) is 6.92 Å². The van der Waals surface area contributed by atoms with Crippen molar-refractivity contribution in [3.8, 4) is 0 Å². The van der Waals surface area contributed by atoms with Gasteiger partial charge in [0, 0.05) is 5.41 Å². The largest absolute Gasteiger partial charge is 0.432 e. The summed E-state index contributed by atoms with van der Waals surface area (Å²) in [7, 11) is 0. The van der Waals surface area contributed by atoms with Crippen LogP contribution in [0.5, 0.6) is 0 Å². The molecule has 5 heterocycles. The van der Waals surface area contributed by atoms with Crippen molar-refractivity contribution in [2.24, 2.45) is 56.7 Å². The van der Waals surface area contributed by atoms with Crippen molar-refractivity contribution in [1.29, 1.82) is 0 Å². The lowest BCUT2D eigenvalue weighted by Gasteiger charge is -2.73. The van der Waals surface area contributed by atoms with Crippen molar-refractivity contribution in [2.45, 2.75) is 266 Å². The quantitative estimate of drug-likeness (QED) is 0.0478. The van der Waals surface area contributed by atoms with Gasteiger partial charge in [-0.1, -0.05) is 39.8 Å². The molecule has 0 amide bonds. The number of ether oxygens (including phenoxy) is 10. The summed E-state index contributed by atoms with van der Waals surface area (Å²) in [5, 5.41) is 162. The molecule has 488 valence electrons. The SMILES string of the molecule is C=C(C)C1CCC2(C(=O)OC3OC(C)C(OC4OC(COC5OC(CO)C(O)C(O)C5O)C(O)C(O)C4O)C(O)C3O)CCC3(C)C(CCC4C5(C)CCC(OC6OC(C)C(O)C(O)C6OC6OCC(O)C(O)C6O)C(C)(CO)C5CCC43C)C12. The molecule has 5 saturated carbocycles. The zero-order valence-electron chi connectivity index (χ0n) is 49.6. The number of aliphatic hydroxyl groups excluding tert-OH is 15. The van der Waals surface area contributed by atoms with Crippen LogP contribution in [0.15, 0.2) is 12.2 Å². The second-order valence-electron chi connectivity index (χ2n) is 28.0. The predicted molar refractivity (Wildman–Crippen MR) is 288 cm³/mol. The molecule has 0 aromatic carbocycles. The van der Waals surface area contributed by atoms with E-state index in [1.807, 2.05) is 13.8 Å². The third-order valence-corrected chi connectivity index (χ3v) is 23.6. The number of esters is 1. The molecule has 35 atom stereocenters. The van der Waals surface area contributed by atoms with E-state index in [0.717, 1.165) is 37.7 Å². The number of aliphatic hydroxyl groups is 15. The Labute approximate surface area is 494 Å². The molecule has 5 aliphatic carbocycles. The van der Waals surface area contributed by atoms with Gasteiger partial charge in [-0.2, -0.15) is 0 Å². The highest BCUT2D eigenvalue weighted by molar-refractivity contribution is 5.78. The van der Waals surface area contributed by atoms with Crippen molar-refractivity contribution < 1.29 is 129 Å². The number of hydrogen-bond donors (Lipinski definition) is 15. The minimum absolute atomic E-state index is 0.0296. The molecule has 15 N–H and O–H groups in total. The Bertz CT molecular complexity index is 2340. The lowest BCUT2D eigenvalue weighted by molar-refractivity contribution is -0.369. The van der Waals surface area contributed by atoms with Gasteiger partial charge in [0.15, 0.2) is 25.2 Å². The van der Waals surface area contributed by atoms with Crippen LogP contribution in [0, 0.1) is 56.7 Å². The number of carbonyl (C=O) groups is 1. The molecular formula is C59H96O26. The van der Waals surface area contributed by atoms with Crippen molar-refractivity contribution in [2.75, 3.05) is 26.4 Å². The van der Waals surface area contributed by atoms with Crippen LogP contribution >= 0.6 is 0 Å². The van der Waals surface area contributed by atoms with Gasteiger partial charge < -0.3 is 124 Å². The van der Waals surface area contributed by atoms with Gasteiger partial charge >= 0.3 is 5.97 Å². The summed E-state index contributed by atoms with van der Waals surface area (Å²) in [5.74, 6) is -0.580. The van der Waals surface area contributed by atoms with E-state index in [2.05, 4.69) is 27.4 Å². The summed E-state index contributed by atoms with van der Waals surface area (Å²) < 4.78 is 59.6. The molecule has 10 aliphatic rings. The van der Waals surface area contributed by atoms with Crippen LogP contribution in [0.2, 0.25) is 0 Å². The summed E-state index contributed by atoms with van der Waals surface area (Å²) >= 11 is 0. The number of fused-ring (bicyclic) bond motifs is 7. The van der Waals surface area contributed by atoms with Crippen molar-refractivity contribution >= 4 is 5.97 Å². The Morgan fingerprint density at radius 2 is 1.15 bits per heavy atom. The molecule has 85 heavy (non-hydrogen) atoms. The second-order valence-corrected chi connectivity index (χ2v) is 28.0. The minimum Gasteiger partial charge on any atom is -0.432 e. The molecule has 5 saturated heterocycles. The van der Waals surface area contributed by atoms with Gasteiger partial charge in [-0.15, -0.1) is 0 Å². The maximum Gasteiger partial charge on any atom is 0.314 e. The average molecular weight is 1220 g/mol. The molecular weight excluding hydrogens is 1120 g/mol. The zero-order chi connectivity index (χ0) is 61.9. The smallest absolute Gasteiger partial charge is 0.314 e. The highest BCUT2D eigenvalue weighted by atomic mass is 16.8. The molecule has 0 radical (unpaired) electrons. The van der Waals surface area contributed by atoms with Crippen LogP contribution in [0.3, 0.4) is 0 Å². The number of rotatable bonds is 14. The highest BCUT2D eigenvalue weighted by Gasteiger charge is 2.73. The molecule has 26 heteroatoms. The first-order valence-corrected chi connectivity index (χ1v) is 30.7. The third-order valence-electron chi connectivity index (χ3n) is 23.6. The number of allylic oxidation sites excluding steroid dienone is 1. The van der Waals surface area contributed by atoms with Gasteiger partial charge in [-0.25, -0.2) is 0 Å². The fourth-order valence-corrected chi connectivity index (χ4v) is 18.4. The van der Waals surface area contributed by atoms with Crippen LogP contribution in [-0.4, -0.2) is 263 Å². The fraction of sp³-hybridized carbons (Fsp3) is 0.949. The van der Waals surface area contributed by atoms with E-state index in [1.54, 1.807) is 6.92 Å². The molecule has 5 aliphatic heterocycles. The van der Waals surface area contributed by atoms with E-state index in [4.69, 9.17) is 47.4 Å². The number of hydrogen-bond acceptors (Lipinski definition) is 26. The van der Waals surface area contributed by atoms with Gasteiger partial charge in [-0.3, -0.25) is 4.79 Å². The maximum atomic E-state index is 15.2. The number of carbonyl (C=O) groups excluding carboxylic acids is 1. The van der Waals surface area contributed by atoms with E-state index in [9.17, 15) is 76.6 Å². The van der Waals surface area contributed by atoms with Crippen molar-refractivity contribution in [3.05, 3.63) is 12.2 Å². The fourth-order valence-electron chi connectivity index (χ4n) is 18.4. The van der Waals surface area contributed by atoms with Gasteiger partial charge in [-0.05, 0) is 131 Å². The van der Waals surface area contributed by atoms with Gasteiger partial charge in [0.25, 0.3) is 0 Å². The van der Waals surface area contributed by atoms with Crippen LogP contribution in [0.25, 0.3) is 0 Å². The van der Waals surface area contributed by atoms with Crippen LogP contribution in [0.1, 0.15) is 113 Å². The molecule has 10 fully saturated rings. The Hall–Kier alpha value is -1.75. The van der Waals surface area contributed by atoms with E-state index < -0.39 is 184 Å². The first kappa shape index (κ1) is 66.2. The van der Waals surface area contributed by atoms with Crippen molar-refractivity contribution in [3.63, 3.8) is 0 Å². The second kappa shape index (κ2) is 24.7. The lowest BCUT2D eigenvalue weighted by Crippen LogP contribution is -2.68. The van der Waals surface area contributed by atoms with Gasteiger partial charge in [0.2, 0.25) is 6.29 Å². The predicted octanol–water partition coefficient (Wildman–Crippen LogP) is -2.69. The van der Waals surface area contributed by atoms with E-state index in [-0.39, 0.29) is 59.0 Å². The monoisotopic (exact) mass is 1220 g/mol. The van der Waals surface area contributed by atoms with E-state index >= 15 is 4.79 Å². The average Bonchev–Trinajstić information content (AvgIpc) is 1.60. The molecule has 0 bridgehead atoms. The molecule has 26 nitrogen and oxygen atoms in total. The first-order valence-electron chi connectivity index (χ1n) is 30.7. The molecule has 0 aromatic heterocycles. The first-order chi connectivity index (χ1) is 39.9. The summed E-state index contributed by atoms with van der Waals surface area (Å²) in [6.45, 7) is 16.8. The molecule has 0 spiro atoms. The van der Waals surface area contributed by atoms with Gasteiger partial charge in [0.1, 0.15) is 104 Å². The Morgan fingerprint density at radius 1 is 0.541 bits per heavy atom. The lowest BCUT2D eigenvalue weighted by atomic mass is 9.32. The van der Waals surface area contributed by atoms with Crippen molar-refractivity contribution in [1.82, 2.24) is 0 Å². The van der Waals surface area contributed by atoms with Gasteiger partial charge in [0.05, 0.1) is 50.2 Å². The topological polar surface area (TPSA) is 413 Å². The van der Waals surface area contributed by atoms with Crippen LogP contribution in [0.4, 0.5) is 0 Å². The molecule has 35 unspecified atom stereocenters. The Kier molecular flexibility index (Phi) is 19.2. The van der Waals surface area contributed by atoms with Crippen LogP contribution < -0.4 is 0 Å². The van der Waals surface area contributed by atoms with E-state index in [0.29, 0.717) is 32.1 Å². The van der Waals surface area contributed by atoms with Crippen LogP contribution in [-0.2, 0) is 52.2 Å². The zero-order valence-corrected chi connectivity index (χ0v) is 49.6. The minimum atomic E-state index is -1.90. The Morgan fingerprint density at radius 3 is 1.82 bits per heavy atom. The summed E-state index contributed by atoms with van der Waals surface area (Å²) in [4.78, 5) is 15.2. The standard InChI is InChI=1S/C59H96O26/c1-23(2)26-11-16-59(54(75)85-51-46(74)42(70)47(25(4)79-51)83-52-45(73)40(68)38(66)30(81-52)21-77-49-44(72)39(67)37(65)29(19-60)80-49)18-17-57(7)27(34(26)59)9-10-32-55(5)14-13-33(56(6,22-61)31(55)12-15-58(32,57)8)82-53-48(41(69)35(63)24(3)78-53)84-50-43(71)36(64)28(62)20-76-50/h24-53,60-74H,1,9-22H2,2-8H3. The summed E-state index contributed by atoms with van der Waals surface area (Å²) in [5.41, 5.74) is -1.67. The third kappa shape index (κ3) is 10.9. The summed E-state index contributed by atoms with van der Waals surface area (Å²) in [6, 6.07) is 0. The molecule has 0 aromatic rings. The normalized spacial score (nSPS) is 56.3.